The molecular weight excluding hydrogens is 469 g/mol. The average Bonchev–Trinajstić information content (AvgIpc) is 2.69. The fourth-order valence-electron chi connectivity index (χ4n) is 2.98. The maximum absolute atomic E-state index is 12.1. The Morgan fingerprint density at radius 2 is 1.75 bits per heavy atom. The van der Waals surface area contributed by atoms with E-state index in [1.807, 2.05) is 43.0 Å². The fraction of sp³-hybridized carbons (Fsp3) is 0.550. The summed E-state index contributed by atoms with van der Waals surface area (Å²) in [6, 6.07) is 7.60. The Bertz CT molecular complexity index is 672. The molecule has 2 amide bonds. The highest BCUT2D eigenvalue weighted by atomic mass is 127. The molecule has 28 heavy (non-hydrogen) atoms. The van der Waals surface area contributed by atoms with Gasteiger partial charge in [-0.1, -0.05) is 19.1 Å². The molecule has 1 aliphatic rings. The van der Waals surface area contributed by atoms with Crippen molar-refractivity contribution in [2.45, 2.75) is 33.7 Å². The van der Waals surface area contributed by atoms with E-state index in [2.05, 4.69) is 15.5 Å². The molecule has 0 saturated carbocycles. The summed E-state index contributed by atoms with van der Waals surface area (Å²) >= 11 is 0. The van der Waals surface area contributed by atoms with Gasteiger partial charge in [-0.25, -0.2) is 4.99 Å². The molecule has 1 heterocycles. The van der Waals surface area contributed by atoms with E-state index in [1.165, 1.54) is 0 Å². The number of benzene rings is 1. The van der Waals surface area contributed by atoms with Crippen LogP contribution in [-0.2, 0) is 11.3 Å². The van der Waals surface area contributed by atoms with Crippen LogP contribution in [0, 0.1) is 0 Å². The maximum Gasteiger partial charge on any atom is 0.251 e. The molecule has 1 aromatic carbocycles. The Morgan fingerprint density at radius 3 is 2.36 bits per heavy atom. The van der Waals surface area contributed by atoms with Gasteiger partial charge in [0.15, 0.2) is 5.96 Å². The van der Waals surface area contributed by atoms with Crippen molar-refractivity contribution < 1.29 is 9.59 Å². The molecule has 1 aromatic rings. The third-order valence-corrected chi connectivity index (χ3v) is 4.50. The van der Waals surface area contributed by atoms with Gasteiger partial charge in [-0.05, 0) is 31.0 Å². The van der Waals surface area contributed by atoms with Crippen LogP contribution in [0.3, 0.4) is 0 Å². The summed E-state index contributed by atoms with van der Waals surface area (Å²) in [6.45, 7) is 10.6. The van der Waals surface area contributed by atoms with Gasteiger partial charge in [-0.3, -0.25) is 9.59 Å². The lowest BCUT2D eigenvalue weighted by Crippen LogP contribution is -2.53. The Kier molecular flexibility index (Phi) is 10.9. The van der Waals surface area contributed by atoms with Gasteiger partial charge in [0.2, 0.25) is 5.91 Å². The number of piperazine rings is 1. The van der Waals surface area contributed by atoms with Crippen LogP contribution in [0.2, 0.25) is 0 Å². The molecule has 1 fully saturated rings. The fourth-order valence-corrected chi connectivity index (χ4v) is 2.98. The highest BCUT2D eigenvalue weighted by Crippen LogP contribution is 2.08. The van der Waals surface area contributed by atoms with E-state index >= 15 is 0 Å². The van der Waals surface area contributed by atoms with Crippen molar-refractivity contribution in [1.82, 2.24) is 20.4 Å². The number of carbonyl (C=O) groups is 2. The molecule has 0 radical (unpaired) electrons. The van der Waals surface area contributed by atoms with Crippen molar-refractivity contribution >= 4 is 41.8 Å². The summed E-state index contributed by atoms with van der Waals surface area (Å²) in [5.74, 6) is 0.922. The first-order valence-corrected chi connectivity index (χ1v) is 9.71. The smallest absolute Gasteiger partial charge is 0.251 e. The van der Waals surface area contributed by atoms with E-state index < -0.39 is 0 Å². The number of nitrogens with one attached hydrogen (secondary N) is 2. The van der Waals surface area contributed by atoms with Gasteiger partial charge >= 0.3 is 0 Å². The van der Waals surface area contributed by atoms with E-state index in [4.69, 9.17) is 4.99 Å². The second kappa shape index (κ2) is 12.6. The first-order chi connectivity index (χ1) is 13.0. The van der Waals surface area contributed by atoms with Crippen LogP contribution in [0.25, 0.3) is 0 Å². The zero-order valence-electron chi connectivity index (χ0n) is 17.0. The van der Waals surface area contributed by atoms with Crippen molar-refractivity contribution in [1.29, 1.82) is 0 Å². The summed E-state index contributed by atoms with van der Waals surface area (Å²) in [7, 11) is 0. The van der Waals surface area contributed by atoms with Crippen molar-refractivity contribution in [3.05, 3.63) is 35.4 Å². The first kappa shape index (κ1) is 24.2. The molecule has 0 aliphatic carbocycles. The van der Waals surface area contributed by atoms with E-state index in [-0.39, 0.29) is 35.8 Å². The molecule has 2 rings (SSSR count). The SMILES string of the molecule is CCCNC(=O)c1cccc(CN=C(NCC)N2CCN(C(C)=O)CC2)c1.I. The lowest BCUT2D eigenvalue weighted by molar-refractivity contribution is -0.130. The third-order valence-electron chi connectivity index (χ3n) is 4.50. The Morgan fingerprint density at radius 1 is 1.07 bits per heavy atom. The maximum atomic E-state index is 12.1. The minimum atomic E-state index is -0.0464. The molecule has 0 spiro atoms. The van der Waals surface area contributed by atoms with Crippen LogP contribution >= 0.6 is 24.0 Å². The van der Waals surface area contributed by atoms with Gasteiger partial charge in [-0.2, -0.15) is 0 Å². The van der Waals surface area contributed by atoms with Crippen molar-refractivity contribution in [2.24, 2.45) is 4.99 Å². The Balaban J connectivity index is 0.00000392. The minimum absolute atomic E-state index is 0. The molecule has 8 heteroatoms. The van der Waals surface area contributed by atoms with Crippen molar-refractivity contribution in [2.75, 3.05) is 39.3 Å². The zero-order valence-corrected chi connectivity index (χ0v) is 19.4. The number of nitrogens with zero attached hydrogens (tertiary/aromatic N) is 3. The van der Waals surface area contributed by atoms with Gasteiger partial charge in [-0.15, -0.1) is 24.0 Å². The Labute approximate surface area is 185 Å². The number of amides is 2. The summed E-state index contributed by atoms with van der Waals surface area (Å²) in [4.78, 5) is 32.4. The van der Waals surface area contributed by atoms with Crippen molar-refractivity contribution in [3.8, 4) is 0 Å². The largest absolute Gasteiger partial charge is 0.357 e. The van der Waals surface area contributed by atoms with Crippen molar-refractivity contribution in [3.63, 3.8) is 0 Å². The second-order valence-corrected chi connectivity index (χ2v) is 6.62. The van der Waals surface area contributed by atoms with E-state index in [9.17, 15) is 9.59 Å². The number of carbonyl (C=O) groups excluding carboxylic acids is 2. The molecule has 0 bridgehead atoms. The summed E-state index contributed by atoms with van der Waals surface area (Å²) in [5.41, 5.74) is 1.66. The van der Waals surface area contributed by atoms with Gasteiger partial charge in [0.1, 0.15) is 0 Å². The number of rotatable bonds is 6. The van der Waals surface area contributed by atoms with Gasteiger partial charge in [0.25, 0.3) is 5.91 Å². The minimum Gasteiger partial charge on any atom is -0.357 e. The number of halogens is 1. The zero-order chi connectivity index (χ0) is 19.6. The van der Waals surface area contributed by atoms with Crippen LogP contribution in [-0.4, -0.2) is 66.8 Å². The Hall–Kier alpha value is -1.84. The van der Waals surface area contributed by atoms with Gasteiger partial charge in [0.05, 0.1) is 6.54 Å². The number of guanidine groups is 1. The molecule has 156 valence electrons. The summed E-state index contributed by atoms with van der Waals surface area (Å²) in [5, 5.41) is 6.22. The quantitative estimate of drug-likeness (QED) is 0.356. The third kappa shape index (κ3) is 7.29. The number of hydrogen-bond acceptors (Lipinski definition) is 3. The monoisotopic (exact) mass is 501 g/mol. The standard InChI is InChI=1S/C20H31N5O2.HI/c1-4-9-22-19(27)18-8-6-7-17(14-18)15-23-20(21-5-2)25-12-10-24(11-13-25)16(3)26;/h6-8,14H,4-5,9-13,15H2,1-3H3,(H,21,23)(H,22,27);1H. The van der Waals surface area contributed by atoms with Gasteiger partial charge < -0.3 is 20.4 Å². The highest BCUT2D eigenvalue weighted by Gasteiger charge is 2.20. The lowest BCUT2D eigenvalue weighted by Gasteiger charge is -2.36. The van der Waals surface area contributed by atoms with Crippen LogP contribution in [0.4, 0.5) is 0 Å². The van der Waals surface area contributed by atoms with Gasteiger partial charge in [0, 0.05) is 51.8 Å². The summed E-state index contributed by atoms with van der Waals surface area (Å²) < 4.78 is 0. The molecule has 7 nitrogen and oxygen atoms in total. The second-order valence-electron chi connectivity index (χ2n) is 6.62. The normalized spacial score (nSPS) is 14.3. The molecule has 0 atom stereocenters. The first-order valence-electron chi connectivity index (χ1n) is 9.71. The summed E-state index contributed by atoms with van der Waals surface area (Å²) in [6.07, 6.45) is 0.915. The van der Waals surface area contributed by atoms with Crippen LogP contribution in [0.1, 0.15) is 43.1 Å². The molecule has 0 unspecified atom stereocenters. The van der Waals surface area contributed by atoms with Crippen LogP contribution < -0.4 is 10.6 Å². The van der Waals surface area contributed by atoms with Crippen LogP contribution in [0.15, 0.2) is 29.3 Å². The lowest BCUT2D eigenvalue weighted by atomic mass is 10.1. The predicted octanol–water partition coefficient (Wildman–Crippen LogP) is 2.07. The van der Waals surface area contributed by atoms with Crippen LogP contribution in [0.5, 0.6) is 0 Å². The number of aliphatic imine (C=N–C) groups is 1. The van der Waals surface area contributed by atoms with E-state index in [0.29, 0.717) is 31.7 Å². The van der Waals surface area contributed by atoms with E-state index in [0.717, 1.165) is 37.6 Å². The highest BCUT2D eigenvalue weighted by molar-refractivity contribution is 14.0. The van der Waals surface area contributed by atoms with E-state index in [1.54, 1.807) is 6.92 Å². The molecular formula is C20H32IN5O2. The molecule has 1 saturated heterocycles. The molecule has 1 aliphatic heterocycles. The molecule has 2 N–H and O–H groups in total. The average molecular weight is 501 g/mol. The molecule has 0 aromatic heterocycles. The topological polar surface area (TPSA) is 77.0 Å². The number of hydrogen-bond donors (Lipinski definition) is 2. The predicted molar refractivity (Wildman–Crippen MR) is 123 cm³/mol.